The van der Waals surface area contributed by atoms with Crippen molar-refractivity contribution in [3.63, 3.8) is 0 Å². The van der Waals surface area contributed by atoms with E-state index in [1.807, 2.05) is 34.7 Å². The number of nitriles is 2. The van der Waals surface area contributed by atoms with Gasteiger partial charge in [0.15, 0.2) is 0 Å². The second-order valence-corrected chi connectivity index (χ2v) is 3.09. The number of amides is 1. The van der Waals surface area contributed by atoms with Crippen LogP contribution in [0.25, 0.3) is 0 Å². The quantitative estimate of drug-likeness (QED) is 0.562. The first-order valence-electron chi connectivity index (χ1n) is 3.84. The Kier molecular flexibility index (Phi) is 7.32. The molecule has 0 spiro atoms. The number of carbonyl (C=O) groups excluding carboxylic acids is 1. The molecule has 0 rings (SSSR count). The van der Waals surface area contributed by atoms with Crippen LogP contribution in [0.2, 0.25) is 0 Å². The largest absolute Gasteiger partial charge is 0.340 e. The van der Waals surface area contributed by atoms with E-state index in [0.29, 0.717) is 30.4 Å². The van der Waals surface area contributed by atoms with Crippen LogP contribution in [0.5, 0.6) is 0 Å². The van der Waals surface area contributed by atoms with E-state index in [-0.39, 0.29) is 5.91 Å². The summed E-state index contributed by atoms with van der Waals surface area (Å²) in [5.41, 5.74) is 0. The molecule has 0 N–H and O–H groups in total. The summed E-state index contributed by atoms with van der Waals surface area (Å²) >= 11 is 1.98. The Balaban J connectivity index is 3.97. The molecule has 13 heavy (non-hydrogen) atoms. The molecule has 0 saturated carbocycles. The van der Waals surface area contributed by atoms with Gasteiger partial charge in [-0.2, -0.15) is 10.5 Å². The van der Waals surface area contributed by atoms with Gasteiger partial charge in [0, 0.05) is 13.1 Å². The Labute approximate surface area is 91.3 Å². The fraction of sp³-hybridized carbons (Fsp3) is 0.625. The molecule has 70 valence electrons. The van der Waals surface area contributed by atoms with Gasteiger partial charge in [-0.3, -0.25) is 4.79 Å². The van der Waals surface area contributed by atoms with Crippen LogP contribution in [0, 0.1) is 22.7 Å². The van der Waals surface area contributed by atoms with Gasteiger partial charge >= 0.3 is 0 Å². The number of rotatable bonds is 5. The highest BCUT2D eigenvalue weighted by Crippen LogP contribution is 1.97. The van der Waals surface area contributed by atoms with E-state index in [2.05, 4.69) is 0 Å². The molecule has 5 heteroatoms. The summed E-state index contributed by atoms with van der Waals surface area (Å²) < 4.78 is 0.397. The van der Waals surface area contributed by atoms with Crippen LogP contribution in [-0.2, 0) is 4.79 Å². The van der Waals surface area contributed by atoms with E-state index < -0.39 is 0 Å². The van der Waals surface area contributed by atoms with Crippen molar-refractivity contribution in [3.05, 3.63) is 0 Å². The Hall–Kier alpha value is -0.820. The number of alkyl halides is 1. The van der Waals surface area contributed by atoms with Crippen molar-refractivity contribution in [1.82, 2.24) is 4.90 Å². The van der Waals surface area contributed by atoms with Gasteiger partial charge < -0.3 is 4.90 Å². The lowest BCUT2D eigenvalue weighted by atomic mass is 10.3. The minimum atomic E-state index is -0.00824. The predicted octanol–water partition coefficient (Wildman–Crippen LogP) is 1.08. The van der Waals surface area contributed by atoms with E-state index in [0.717, 1.165) is 0 Å². The van der Waals surface area contributed by atoms with Crippen molar-refractivity contribution in [3.8, 4) is 12.1 Å². The minimum Gasteiger partial charge on any atom is -0.340 e. The molecule has 0 aliphatic carbocycles. The number of nitrogens with zero attached hydrogens (tertiary/aromatic N) is 3. The first-order valence-corrected chi connectivity index (χ1v) is 5.36. The van der Waals surface area contributed by atoms with Gasteiger partial charge in [-0.15, -0.1) is 0 Å². The van der Waals surface area contributed by atoms with Crippen LogP contribution >= 0.6 is 22.6 Å². The molecule has 4 nitrogen and oxygen atoms in total. The van der Waals surface area contributed by atoms with E-state index in [1.165, 1.54) is 0 Å². The molecule has 1 amide bonds. The van der Waals surface area contributed by atoms with Gasteiger partial charge in [0.1, 0.15) is 0 Å². The summed E-state index contributed by atoms with van der Waals surface area (Å²) in [4.78, 5) is 12.8. The lowest BCUT2D eigenvalue weighted by molar-refractivity contribution is -0.128. The summed E-state index contributed by atoms with van der Waals surface area (Å²) in [6, 6.07) is 3.95. The third-order valence-electron chi connectivity index (χ3n) is 1.45. The normalized spacial score (nSPS) is 8.54. The molecule has 0 atom stereocenters. The average Bonchev–Trinajstić information content (AvgIpc) is 2.17. The zero-order valence-electron chi connectivity index (χ0n) is 7.16. The fourth-order valence-electron chi connectivity index (χ4n) is 0.816. The number of hydrogen-bond donors (Lipinski definition) is 0. The van der Waals surface area contributed by atoms with Gasteiger partial charge in [-0.1, -0.05) is 22.6 Å². The molecule has 0 bridgehead atoms. The lowest BCUT2D eigenvalue weighted by Gasteiger charge is -2.18. The average molecular weight is 291 g/mol. The molecule has 0 aromatic heterocycles. The maximum Gasteiger partial charge on any atom is 0.232 e. The van der Waals surface area contributed by atoms with Crippen molar-refractivity contribution < 1.29 is 4.79 Å². The Morgan fingerprint density at radius 1 is 1.23 bits per heavy atom. The number of carbonyl (C=O) groups is 1. The van der Waals surface area contributed by atoms with E-state index in [9.17, 15) is 4.79 Å². The van der Waals surface area contributed by atoms with Crippen LogP contribution in [0.15, 0.2) is 0 Å². The Bertz CT molecular complexity index is 223. The summed E-state index contributed by atoms with van der Waals surface area (Å²) in [5, 5.41) is 16.7. The second kappa shape index (κ2) is 7.81. The molecule has 0 radical (unpaired) electrons. The maximum absolute atomic E-state index is 11.2. The Morgan fingerprint density at radius 2 is 1.69 bits per heavy atom. The van der Waals surface area contributed by atoms with Crippen LogP contribution < -0.4 is 0 Å². The van der Waals surface area contributed by atoms with Crippen molar-refractivity contribution >= 4 is 28.5 Å². The standard InChI is InChI=1S/C8H10IN3O/c9-7-8(13)12(5-1-3-10)6-2-4-11/h1-2,5-7H2. The molecule has 0 unspecified atom stereocenters. The Morgan fingerprint density at radius 3 is 2.00 bits per heavy atom. The van der Waals surface area contributed by atoms with Crippen molar-refractivity contribution in [2.75, 3.05) is 17.5 Å². The zero-order chi connectivity index (χ0) is 10.1. The number of hydrogen-bond acceptors (Lipinski definition) is 3. The monoisotopic (exact) mass is 291 g/mol. The van der Waals surface area contributed by atoms with E-state index in [1.54, 1.807) is 4.90 Å². The molecule has 0 aromatic carbocycles. The summed E-state index contributed by atoms with van der Waals surface area (Å²) in [7, 11) is 0. The smallest absolute Gasteiger partial charge is 0.232 e. The lowest BCUT2D eigenvalue weighted by Crippen LogP contribution is -2.33. The van der Waals surface area contributed by atoms with Crippen LogP contribution in [0.4, 0.5) is 0 Å². The van der Waals surface area contributed by atoms with Gasteiger partial charge in [0.25, 0.3) is 0 Å². The van der Waals surface area contributed by atoms with Crippen LogP contribution in [0.1, 0.15) is 12.8 Å². The van der Waals surface area contributed by atoms with Crippen molar-refractivity contribution in [2.24, 2.45) is 0 Å². The third kappa shape index (κ3) is 5.42. The van der Waals surface area contributed by atoms with Gasteiger partial charge in [0.05, 0.1) is 29.4 Å². The van der Waals surface area contributed by atoms with Gasteiger partial charge in [-0.25, -0.2) is 0 Å². The number of halogens is 1. The summed E-state index contributed by atoms with van der Waals surface area (Å²) in [5.74, 6) is -0.00824. The van der Waals surface area contributed by atoms with Crippen LogP contribution in [-0.4, -0.2) is 28.3 Å². The first-order chi connectivity index (χ1) is 6.26. The minimum absolute atomic E-state index is 0.00824. The zero-order valence-corrected chi connectivity index (χ0v) is 9.32. The summed E-state index contributed by atoms with van der Waals surface area (Å²) in [6.45, 7) is 0.861. The highest BCUT2D eigenvalue weighted by molar-refractivity contribution is 14.1. The molecule has 0 aromatic rings. The molecule has 0 heterocycles. The third-order valence-corrected chi connectivity index (χ3v) is 2.11. The molecular formula is C8H10IN3O. The van der Waals surface area contributed by atoms with Crippen molar-refractivity contribution in [2.45, 2.75) is 12.8 Å². The van der Waals surface area contributed by atoms with Crippen LogP contribution in [0.3, 0.4) is 0 Å². The topological polar surface area (TPSA) is 67.9 Å². The molecule has 0 aliphatic rings. The highest BCUT2D eigenvalue weighted by Gasteiger charge is 2.10. The van der Waals surface area contributed by atoms with Crippen molar-refractivity contribution in [1.29, 1.82) is 10.5 Å². The van der Waals surface area contributed by atoms with Gasteiger partial charge in [-0.05, 0) is 0 Å². The molecular weight excluding hydrogens is 281 g/mol. The maximum atomic E-state index is 11.2. The van der Waals surface area contributed by atoms with Gasteiger partial charge in [0.2, 0.25) is 5.91 Å². The van der Waals surface area contributed by atoms with E-state index >= 15 is 0 Å². The van der Waals surface area contributed by atoms with E-state index in [4.69, 9.17) is 10.5 Å². The molecule has 0 fully saturated rings. The fourth-order valence-corrected chi connectivity index (χ4v) is 1.30. The summed E-state index contributed by atoms with van der Waals surface area (Å²) in [6.07, 6.45) is 0.654. The molecule has 0 saturated heterocycles. The predicted molar refractivity (Wildman–Crippen MR) is 55.9 cm³/mol. The molecule has 0 aliphatic heterocycles. The first kappa shape index (κ1) is 12.2. The SMILES string of the molecule is N#CCCN(CCC#N)C(=O)CI. The highest BCUT2D eigenvalue weighted by atomic mass is 127. The second-order valence-electron chi connectivity index (χ2n) is 2.33.